The van der Waals surface area contributed by atoms with Gasteiger partial charge >= 0.3 is 6.18 Å². The van der Waals surface area contributed by atoms with Crippen molar-refractivity contribution in [2.75, 3.05) is 6.54 Å². The van der Waals surface area contributed by atoms with Gasteiger partial charge in [-0.15, -0.1) is 21.5 Å². The van der Waals surface area contributed by atoms with Gasteiger partial charge in [0.15, 0.2) is 0 Å². The van der Waals surface area contributed by atoms with E-state index in [1.165, 1.54) is 6.07 Å². The topological polar surface area (TPSA) is 89.2 Å². The molecule has 0 fully saturated rings. The van der Waals surface area contributed by atoms with Crippen LogP contribution in [0.3, 0.4) is 0 Å². The van der Waals surface area contributed by atoms with Gasteiger partial charge in [0.1, 0.15) is 9.22 Å². The van der Waals surface area contributed by atoms with E-state index >= 15 is 0 Å². The zero-order valence-corrected chi connectivity index (χ0v) is 14.5. The van der Waals surface area contributed by atoms with E-state index in [4.69, 9.17) is 0 Å². The summed E-state index contributed by atoms with van der Waals surface area (Å²) in [6.07, 6.45) is -4.50. The van der Waals surface area contributed by atoms with E-state index < -0.39 is 22.0 Å². The van der Waals surface area contributed by atoms with Crippen molar-refractivity contribution in [1.29, 1.82) is 0 Å². The average molecular weight is 397 g/mol. The molecule has 1 N–H and O–H groups in total. The second-order valence-corrected chi connectivity index (χ2v) is 9.05. The van der Waals surface area contributed by atoms with Crippen LogP contribution in [0.15, 0.2) is 16.3 Å². The number of alkyl halides is 3. The first-order valence-electron chi connectivity index (χ1n) is 6.51. The predicted octanol–water partition coefficient (Wildman–Crippen LogP) is 2.10. The van der Waals surface area contributed by atoms with Gasteiger partial charge in [-0.25, -0.2) is 13.1 Å². The van der Waals surface area contributed by atoms with Crippen LogP contribution in [0.1, 0.15) is 15.7 Å². The summed E-state index contributed by atoms with van der Waals surface area (Å²) in [4.78, 5) is 0.873. The van der Waals surface area contributed by atoms with Crippen molar-refractivity contribution in [3.8, 4) is 0 Å². The molecule has 0 aliphatic carbocycles. The van der Waals surface area contributed by atoms with Crippen LogP contribution < -0.4 is 4.72 Å². The summed E-state index contributed by atoms with van der Waals surface area (Å²) in [5.74, 6) is -1.20. The molecule has 13 heteroatoms. The Morgan fingerprint density at radius 1 is 1.25 bits per heavy atom. The van der Waals surface area contributed by atoms with Crippen LogP contribution in [0.25, 0.3) is 4.96 Å². The standard InChI is InChI=1S/C11H10F3N5O2S3/c1-6-2-3-8(22-6)24(20,21)15-5-4-7-18-19-9(11(12,13)14)16-17-10(19)23-7/h2-3,15H,4-5H2,1H3. The molecule has 0 aliphatic rings. The molecule has 0 aliphatic heterocycles. The lowest BCUT2D eigenvalue weighted by Crippen LogP contribution is -2.25. The zero-order chi connectivity index (χ0) is 17.5. The predicted molar refractivity (Wildman–Crippen MR) is 81.6 cm³/mol. The lowest BCUT2D eigenvalue weighted by atomic mass is 10.5. The first-order valence-corrected chi connectivity index (χ1v) is 9.63. The SMILES string of the molecule is Cc1ccc(S(=O)(=O)NCCc2nn3c(C(F)(F)F)nnc3s2)s1. The Morgan fingerprint density at radius 2 is 2.00 bits per heavy atom. The van der Waals surface area contributed by atoms with Crippen LogP contribution in [0, 0.1) is 6.92 Å². The molecule has 0 saturated carbocycles. The van der Waals surface area contributed by atoms with Gasteiger partial charge in [-0.3, -0.25) is 0 Å². The fourth-order valence-corrected chi connectivity index (χ4v) is 5.05. The molecule has 0 unspecified atom stereocenters. The molecular weight excluding hydrogens is 387 g/mol. The Bertz CT molecular complexity index is 973. The minimum atomic E-state index is -4.65. The Balaban J connectivity index is 1.69. The third kappa shape index (κ3) is 3.43. The molecule has 0 atom stereocenters. The van der Waals surface area contributed by atoms with Crippen LogP contribution in [0.5, 0.6) is 0 Å². The molecule has 3 aromatic heterocycles. The van der Waals surface area contributed by atoms with Crippen molar-refractivity contribution in [2.24, 2.45) is 0 Å². The molecule has 0 aromatic carbocycles. The Labute approximate surface area is 142 Å². The van der Waals surface area contributed by atoms with Gasteiger partial charge in [-0.2, -0.15) is 22.8 Å². The Hall–Kier alpha value is -1.57. The van der Waals surface area contributed by atoms with E-state index in [-0.39, 0.29) is 22.1 Å². The number of halogens is 3. The molecule has 3 rings (SSSR count). The van der Waals surface area contributed by atoms with Gasteiger partial charge in [0.2, 0.25) is 15.0 Å². The fourth-order valence-electron chi connectivity index (χ4n) is 1.85. The van der Waals surface area contributed by atoms with Crippen molar-refractivity contribution in [2.45, 2.75) is 23.7 Å². The van der Waals surface area contributed by atoms with Crippen molar-refractivity contribution in [1.82, 2.24) is 24.5 Å². The minimum absolute atomic E-state index is 0.00839. The third-order valence-electron chi connectivity index (χ3n) is 2.90. The normalized spacial score (nSPS) is 13.0. The number of hydrogen-bond donors (Lipinski definition) is 1. The average Bonchev–Trinajstić information content (AvgIpc) is 3.11. The Kier molecular flexibility index (Phi) is 4.36. The van der Waals surface area contributed by atoms with E-state index in [1.54, 1.807) is 13.0 Å². The molecule has 0 radical (unpaired) electrons. The van der Waals surface area contributed by atoms with Crippen molar-refractivity contribution < 1.29 is 21.6 Å². The van der Waals surface area contributed by atoms with Crippen LogP contribution >= 0.6 is 22.7 Å². The number of rotatable bonds is 5. The van der Waals surface area contributed by atoms with E-state index in [0.717, 1.165) is 27.6 Å². The Morgan fingerprint density at radius 3 is 2.62 bits per heavy atom. The lowest BCUT2D eigenvalue weighted by molar-refractivity contribution is -0.146. The highest BCUT2D eigenvalue weighted by molar-refractivity contribution is 7.91. The van der Waals surface area contributed by atoms with Gasteiger partial charge in [0.25, 0.3) is 5.82 Å². The largest absolute Gasteiger partial charge is 0.453 e. The molecule has 0 amide bonds. The smallest absolute Gasteiger partial charge is 0.210 e. The number of aromatic nitrogens is 4. The first-order chi connectivity index (χ1) is 11.2. The van der Waals surface area contributed by atoms with Gasteiger partial charge in [0, 0.05) is 17.8 Å². The number of thiophene rings is 1. The summed E-state index contributed by atoms with van der Waals surface area (Å²) >= 11 is 2.07. The van der Waals surface area contributed by atoms with Crippen LogP contribution in [-0.2, 0) is 22.6 Å². The van der Waals surface area contributed by atoms with Crippen LogP contribution in [0.2, 0.25) is 0 Å². The molecule has 130 valence electrons. The highest BCUT2D eigenvalue weighted by atomic mass is 32.2. The summed E-state index contributed by atoms with van der Waals surface area (Å²) < 4.78 is 65.4. The highest BCUT2D eigenvalue weighted by Gasteiger charge is 2.38. The number of aryl methyl sites for hydroxylation is 1. The highest BCUT2D eigenvalue weighted by Crippen LogP contribution is 2.29. The number of sulfonamides is 1. The summed E-state index contributed by atoms with van der Waals surface area (Å²) in [6, 6.07) is 3.20. The molecule has 0 saturated heterocycles. The monoisotopic (exact) mass is 397 g/mol. The maximum absolute atomic E-state index is 12.7. The summed E-state index contributed by atoms with van der Waals surface area (Å²) in [6.45, 7) is 1.81. The number of hydrogen-bond acceptors (Lipinski definition) is 7. The quantitative estimate of drug-likeness (QED) is 0.712. The zero-order valence-electron chi connectivity index (χ0n) is 12.0. The van der Waals surface area contributed by atoms with Crippen LogP contribution in [-0.4, -0.2) is 34.8 Å². The summed E-state index contributed by atoms with van der Waals surface area (Å²) in [7, 11) is -3.63. The second kappa shape index (κ2) is 6.06. The van der Waals surface area contributed by atoms with Crippen molar-refractivity contribution >= 4 is 37.7 Å². The number of nitrogens with zero attached hydrogens (tertiary/aromatic N) is 4. The van der Waals surface area contributed by atoms with Crippen molar-refractivity contribution in [3.63, 3.8) is 0 Å². The number of fused-ring (bicyclic) bond motifs is 1. The van der Waals surface area contributed by atoms with Crippen molar-refractivity contribution in [3.05, 3.63) is 27.8 Å². The van der Waals surface area contributed by atoms with E-state index in [1.807, 2.05) is 0 Å². The van der Waals surface area contributed by atoms with E-state index in [9.17, 15) is 21.6 Å². The molecule has 0 bridgehead atoms. The molecular formula is C11H10F3N5O2S3. The molecule has 3 heterocycles. The van der Waals surface area contributed by atoms with E-state index in [2.05, 4.69) is 20.0 Å². The first kappa shape index (κ1) is 17.3. The summed E-state index contributed by atoms with van der Waals surface area (Å²) in [5, 5.41) is 10.6. The fraction of sp³-hybridized carbons (Fsp3) is 0.364. The molecule has 7 nitrogen and oxygen atoms in total. The van der Waals surface area contributed by atoms with E-state index in [0.29, 0.717) is 9.52 Å². The minimum Gasteiger partial charge on any atom is -0.210 e. The second-order valence-electron chi connectivity index (χ2n) is 4.72. The molecule has 3 aromatic rings. The maximum Gasteiger partial charge on any atom is 0.453 e. The van der Waals surface area contributed by atoms with Gasteiger partial charge in [-0.05, 0) is 19.1 Å². The molecule has 24 heavy (non-hydrogen) atoms. The maximum atomic E-state index is 12.7. The van der Waals surface area contributed by atoms with Gasteiger partial charge < -0.3 is 0 Å². The third-order valence-corrected chi connectivity index (χ3v) is 6.81. The van der Waals surface area contributed by atoms with Gasteiger partial charge in [0.05, 0.1) is 0 Å². The summed E-state index contributed by atoms with van der Waals surface area (Å²) in [5.41, 5.74) is 0. The molecule has 0 spiro atoms. The lowest BCUT2D eigenvalue weighted by Gasteiger charge is -2.03. The van der Waals surface area contributed by atoms with Crippen LogP contribution in [0.4, 0.5) is 13.2 Å². The number of nitrogens with one attached hydrogen (secondary N) is 1. The van der Waals surface area contributed by atoms with Gasteiger partial charge in [-0.1, -0.05) is 11.3 Å².